The van der Waals surface area contributed by atoms with Crippen LogP contribution in [0.3, 0.4) is 0 Å². The zero-order valence-corrected chi connectivity index (χ0v) is 10.4. The first-order valence-corrected chi connectivity index (χ1v) is 6.41. The number of hydrogen-bond donors (Lipinski definition) is 1. The fourth-order valence-electron chi connectivity index (χ4n) is 1.32. The van der Waals surface area contributed by atoms with Gasteiger partial charge in [0.25, 0.3) is 0 Å². The fraction of sp³-hybridized carbons (Fsp3) is 0.100. The lowest BCUT2D eigenvalue weighted by atomic mass is 10.1. The lowest BCUT2D eigenvalue weighted by Gasteiger charge is -2.01. The zero-order chi connectivity index (χ0) is 10.1. The second kappa shape index (κ2) is 3.93. The molecule has 0 spiro atoms. The van der Waals surface area contributed by atoms with Gasteiger partial charge in [0.15, 0.2) is 0 Å². The van der Waals surface area contributed by atoms with Gasteiger partial charge in [-0.1, -0.05) is 28.1 Å². The second-order valence-electron chi connectivity index (χ2n) is 2.84. The predicted octanol–water partition coefficient (Wildman–Crippen LogP) is 3.96. The van der Waals surface area contributed by atoms with Crippen molar-refractivity contribution in [1.82, 2.24) is 0 Å². The van der Waals surface area contributed by atoms with Crippen molar-refractivity contribution >= 4 is 50.0 Å². The Hall–Kier alpha value is -0.500. The van der Waals surface area contributed by atoms with Gasteiger partial charge < -0.3 is 0 Å². The normalized spacial score (nSPS) is 10.4. The minimum Gasteiger partial charge on any atom is -0.192 e. The molecule has 1 aromatic carbocycles. The maximum Gasteiger partial charge on any atom is 0.101 e. The summed E-state index contributed by atoms with van der Waals surface area (Å²) in [5.74, 6) is 0. The monoisotopic (exact) mass is 283 g/mol. The van der Waals surface area contributed by atoms with Crippen molar-refractivity contribution in [3.63, 3.8) is 0 Å². The molecule has 2 aromatic rings. The molecule has 2 rings (SSSR count). The van der Waals surface area contributed by atoms with Crippen molar-refractivity contribution in [2.45, 2.75) is 10.2 Å². The summed E-state index contributed by atoms with van der Waals surface area (Å²) < 4.78 is 1.10. The summed E-state index contributed by atoms with van der Waals surface area (Å²) in [6.45, 7) is 0. The van der Waals surface area contributed by atoms with E-state index in [4.69, 9.17) is 5.26 Å². The van der Waals surface area contributed by atoms with Crippen molar-refractivity contribution in [3.8, 4) is 6.07 Å². The van der Waals surface area contributed by atoms with Crippen LogP contribution in [0.5, 0.6) is 0 Å². The molecule has 1 nitrogen and oxygen atoms in total. The maximum absolute atomic E-state index is 8.86. The van der Waals surface area contributed by atoms with Crippen LogP contribution in [0.25, 0.3) is 10.1 Å². The number of thiol groups is 1. The highest BCUT2D eigenvalue weighted by molar-refractivity contribution is 9.08. The molecule has 1 aromatic heterocycles. The minimum atomic E-state index is 0.737. The van der Waals surface area contributed by atoms with E-state index in [1.807, 2.05) is 17.5 Å². The van der Waals surface area contributed by atoms with E-state index >= 15 is 0 Å². The van der Waals surface area contributed by atoms with Crippen molar-refractivity contribution in [1.29, 1.82) is 5.26 Å². The number of nitrogens with zero attached hydrogens (tertiary/aromatic N) is 1. The van der Waals surface area contributed by atoms with Crippen LogP contribution in [0.4, 0.5) is 0 Å². The number of fused-ring (bicyclic) bond motifs is 1. The van der Waals surface area contributed by atoms with Crippen LogP contribution in [0.15, 0.2) is 22.4 Å². The molecular formula is C10H6BrNS2. The SMILES string of the molecule is N#Cc1csc2c(S)c(CBr)ccc12. The third kappa shape index (κ3) is 1.46. The standard InChI is InChI=1S/C10H6BrNS2/c11-3-6-1-2-8-7(4-12)5-14-10(8)9(6)13/h1-2,5,13H,3H2. The van der Waals surface area contributed by atoms with Crippen molar-refractivity contribution in [2.75, 3.05) is 0 Å². The van der Waals surface area contributed by atoms with Gasteiger partial charge in [0.1, 0.15) is 6.07 Å². The van der Waals surface area contributed by atoms with Gasteiger partial charge in [0.05, 0.1) is 5.56 Å². The number of rotatable bonds is 1. The van der Waals surface area contributed by atoms with Crippen LogP contribution in [0.1, 0.15) is 11.1 Å². The van der Waals surface area contributed by atoms with Crippen LogP contribution in [-0.4, -0.2) is 0 Å². The molecule has 0 fully saturated rings. The molecular weight excluding hydrogens is 278 g/mol. The quantitative estimate of drug-likeness (QED) is 0.622. The number of halogens is 1. The summed E-state index contributed by atoms with van der Waals surface area (Å²) in [5.41, 5.74) is 1.90. The Morgan fingerprint density at radius 3 is 2.93 bits per heavy atom. The summed E-state index contributed by atoms with van der Waals surface area (Å²) in [5, 5.41) is 12.5. The summed E-state index contributed by atoms with van der Waals surface area (Å²) in [6, 6.07) is 6.17. The molecule has 0 atom stereocenters. The molecule has 4 heteroatoms. The summed E-state index contributed by atoms with van der Waals surface area (Å²) in [7, 11) is 0. The van der Waals surface area contributed by atoms with Crippen molar-refractivity contribution in [2.24, 2.45) is 0 Å². The molecule has 0 bridgehead atoms. The van der Waals surface area contributed by atoms with E-state index in [-0.39, 0.29) is 0 Å². The van der Waals surface area contributed by atoms with Crippen LogP contribution >= 0.6 is 39.9 Å². The molecule has 0 aliphatic carbocycles. The number of hydrogen-bond acceptors (Lipinski definition) is 3. The molecule has 0 N–H and O–H groups in total. The molecule has 14 heavy (non-hydrogen) atoms. The van der Waals surface area contributed by atoms with Crippen molar-refractivity contribution < 1.29 is 0 Å². The van der Waals surface area contributed by atoms with Gasteiger partial charge in [-0.3, -0.25) is 0 Å². The van der Waals surface area contributed by atoms with E-state index < -0.39 is 0 Å². The number of thiophene rings is 1. The second-order valence-corrected chi connectivity index (χ2v) is 4.73. The van der Waals surface area contributed by atoms with E-state index in [2.05, 4.69) is 34.6 Å². The highest BCUT2D eigenvalue weighted by atomic mass is 79.9. The van der Waals surface area contributed by atoms with Gasteiger partial charge in [0.2, 0.25) is 0 Å². The Morgan fingerprint density at radius 2 is 2.29 bits per heavy atom. The molecule has 0 saturated heterocycles. The Labute approximate surface area is 99.9 Å². The minimum absolute atomic E-state index is 0.737. The molecule has 1 heterocycles. The van der Waals surface area contributed by atoms with E-state index in [9.17, 15) is 0 Å². The van der Waals surface area contributed by atoms with Gasteiger partial charge in [0, 0.05) is 25.7 Å². The topological polar surface area (TPSA) is 23.8 Å². The van der Waals surface area contributed by atoms with E-state index in [1.165, 1.54) is 0 Å². The van der Waals surface area contributed by atoms with Crippen LogP contribution in [0, 0.1) is 11.3 Å². The Bertz CT molecular complexity index is 525. The number of nitriles is 1. The first-order chi connectivity index (χ1) is 6.77. The molecule has 70 valence electrons. The molecule has 0 unspecified atom stereocenters. The lowest BCUT2D eigenvalue weighted by Crippen LogP contribution is -1.80. The average Bonchev–Trinajstić information content (AvgIpc) is 2.62. The summed E-state index contributed by atoms with van der Waals surface area (Å²) >= 11 is 9.45. The van der Waals surface area contributed by atoms with Gasteiger partial charge >= 0.3 is 0 Å². The molecule has 0 amide bonds. The molecule has 0 aliphatic rings. The number of alkyl halides is 1. The number of benzene rings is 1. The summed E-state index contributed by atoms with van der Waals surface area (Å²) in [4.78, 5) is 0.978. The molecule has 0 aliphatic heterocycles. The highest BCUT2D eigenvalue weighted by Crippen LogP contribution is 2.33. The third-order valence-corrected chi connectivity index (χ3v) is 4.34. The van der Waals surface area contributed by atoms with Crippen LogP contribution < -0.4 is 0 Å². The predicted molar refractivity (Wildman–Crippen MR) is 66.4 cm³/mol. The van der Waals surface area contributed by atoms with Gasteiger partial charge in [-0.2, -0.15) is 5.26 Å². The van der Waals surface area contributed by atoms with Gasteiger partial charge in [-0.15, -0.1) is 24.0 Å². The largest absolute Gasteiger partial charge is 0.192 e. The van der Waals surface area contributed by atoms with E-state index in [1.54, 1.807) is 11.3 Å². The Kier molecular flexibility index (Phi) is 2.82. The smallest absolute Gasteiger partial charge is 0.101 e. The third-order valence-electron chi connectivity index (χ3n) is 2.06. The zero-order valence-electron chi connectivity index (χ0n) is 7.12. The summed E-state index contributed by atoms with van der Waals surface area (Å²) in [6.07, 6.45) is 0. The first kappa shape index (κ1) is 10.0. The average molecular weight is 284 g/mol. The fourth-order valence-corrected chi connectivity index (χ4v) is 3.40. The van der Waals surface area contributed by atoms with E-state index in [0.29, 0.717) is 0 Å². The Morgan fingerprint density at radius 1 is 1.50 bits per heavy atom. The van der Waals surface area contributed by atoms with E-state index in [0.717, 1.165) is 31.4 Å². The van der Waals surface area contributed by atoms with Crippen molar-refractivity contribution in [3.05, 3.63) is 28.6 Å². The van der Waals surface area contributed by atoms with Crippen LogP contribution in [-0.2, 0) is 5.33 Å². The Balaban J connectivity index is 2.80. The molecule has 0 radical (unpaired) electrons. The first-order valence-electron chi connectivity index (χ1n) is 3.96. The lowest BCUT2D eigenvalue weighted by molar-refractivity contribution is 1.34. The highest BCUT2D eigenvalue weighted by Gasteiger charge is 2.08. The van der Waals surface area contributed by atoms with Gasteiger partial charge in [-0.05, 0) is 5.56 Å². The maximum atomic E-state index is 8.86. The molecule has 0 saturated carbocycles. The van der Waals surface area contributed by atoms with Crippen LogP contribution in [0.2, 0.25) is 0 Å². The van der Waals surface area contributed by atoms with Gasteiger partial charge in [-0.25, -0.2) is 0 Å².